The zero-order valence-electron chi connectivity index (χ0n) is 15.8. The third kappa shape index (κ3) is 4.26. The van der Waals surface area contributed by atoms with Crippen molar-refractivity contribution in [3.8, 4) is 5.69 Å². The topological polar surface area (TPSA) is 63.1 Å². The molecular formula is C21H21F2N5O. The van der Waals surface area contributed by atoms with Gasteiger partial charge in [0.1, 0.15) is 6.33 Å². The molecule has 1 atom stereocenters. The minimum atomic E-state index is -0.860. The van der Waals surface area contributed by atoms with E-state index >= 15 is 0 Å². The summed E-state index contributed by atoms with van der Waals surface area (Å²) in [6, 6.07) is 13.3. The summed E-state index contributed by atoms with van der Waals surface area (Å²) in [5.41, 5.74) is 1.58. The van der Waals surface area contributed by atoms with Crippen LogP contribution in [0.4, 0.5) is 13.6 Å². The molecule has 29 heavy (non-hydrogen) atoms. The van der Waals surface area contributed by atoms with Crippen LogP contribution in [0.1, 0.15) is 30.1 Å². The second kappa shape index (κ2) is 8.38. The molecular weight excluding hydrogens is 376 g/mol. The van der Waals surface area contributed by atoms with Gasteiger partial charge in [0.25, 0.3) is 0 Å². The number of carbonyl (C=O) groups is 1. The van der Waals surface area contributed by atoms with Gasteiger partial charge in [0, 0.05) is 19.0 Å². The van der Waals surface area contributed by atoms with Gasteiger partial charge >= 0.3 is 6.03 Å². The summed E-state index contributed by atoms with van der Waals surface area (Å²) < 4.78 is 28.4. The fraction of sp³-hybridized carbons (Fsp3) is 0.286. The molecule has 2 amide bonds. The number of hydrogen-bond acceptors (Lipinski definition) is 3. The van der Waals surface area contributed by atoms with Crippen LogP contribution < -0.4 is 5.32 Å². The van der Waals surface area contributed by atoms with Crippen molar-refractivity contribution in [2.45, 2.75) is 25.3 Å². The Balaban J connectivity index is 1.39. The number of para-hydroxylation sites is 1. The van der Waals surface area contributed by atoms with E-state index in [1.54, 1.807) is 15.6 Å². The first-order valence-corrected chi connectivity index (χ1v) is 9.54. The number of nitrogens with zero attached hydrogens (tertiary/aromatic N) is 4. The van der Waals surface area contributed by atoms with E-state index in [2.05, 4.69) is 15.4 Å². The molecule has 2 heterocycles. The van der Waals surface area contributed by atoms with Gasteiger partial charge in [-0.3, -0.25) is 0 Å². The van der Waals surface area contributed by atoms with Crippen molar-refractivity contribution in [3.05, 3.63) is 77.9 Å². The Morgan fingerprint density at radius 1 is 1.14 bits per heavy atom. The number of benzene rings is 2. The minimum Gasteiger partial charge on any atom is -0.331 e. The summed E-state index contributed by atoms with van der Waals surface area (Å²) in [4.78, 5) is 18.6. The van der Waals surface area contributed by atoms with E-state index in [1.807, 2.05) is 30.3 Å². The largest absolute Gasteiger partial charge is 0.331 e. The van der Waals surface area contributed by atoms with Gasteiger partial charge in [-0.25, -0.2) is 23.2 Å². The van der Waals surface area contributed by atoms with Gasteiger partial charge in [-0.15, -0.1) is 0 Å². The molecule has 0 aliphatic carbocycles. The average molecular weight is 397 g/mol. The first-order chi connectivity index (χ1) is 14.1. The molecule has 2 aromatic carbocycles. The predicted molar refractivity (Wildman–Crippen MR) is 104 cm³/mol. The van der Waals surface area contributed by atoms with Crippen LogP contribution in [0.2, 0.25) is 0 Å². The fourth-order valence-electron chi connectivity index (χ4n) is 3.64. The summed E-state index contributed by atoms with van der Waals surface area (Å²) in [5.74, 6) is -1.11. The monoisotopic (exact) mass is 397 g/mol. The number of carbonyl (C=O) groups excluding carboxylic acids is 1. The van der Waals surface area contributed by atoms with Crippen molar-refractivity contribution in [2.75, 3.05) is 13.1 Å². The molecule has 150 valence electrons. The lowest BCUT2D eigenvalue weighted by molar-refractivity contribution is 0.179. The van der Waals surface area contributed by atoms with Gasteiger partial charge in [-0.1, -0.05) is 24.3 Å². The molecule has 1 aromatic heterocycles. The number of piperidine rings is 1. The Bertz CT molecular complexity index is 992. The molecule has 1 unspecified atom stereocenters. The maximum atomic E-state index is 13.6. The Hall–Kier alpha value is -3.29. The molecule has 3 aromatic rings. The Morgan fingerprint density at radius 2 is 1.97 bits per heavy atom. The molecule has 0 saturated carbocycles. The molecule has 6 nitrogen and oxygen atoms in total. The van der Waals surface area contributed by atoms with Crippen molar-refractivity contribution < 1.29 is 13.6 Å². The van der Waals surface area contributed by atoms with Crippen molar-refractivity contribution in [1.29, 1.82) is 0 Å². The Morgan fingerprint density at radius 3 is 2.76 bits per heavy atom. The number of likely N-dealkylation sites (tertiary alicyclic amines) is 1. The van der Waals surface area contributed by atoms with Crippen LogP contribution in [-0.4, -0.2) is 38.8 Å². The first kappa shape index (κ1) is 19.0. The fourth-order valence-corrected chi connectivity index (χ4v) is 3.64. The molecule has 1 N–H and O–H groups in total. The number of halogens is 2. The van der Waals surface area contributed by atoms with Crippen LogP contribution in [0.5, 0.6) is 0 Å². The molecule has 8 heteroatoms. The lowest BCUT2D eigenvalue weighted by atomic mass is 9.90. The zero-order valence-corrected chi connectivity index (χ0v) is 15.8. The van der Waals surface area contributed by atoms with Gasteiger partial charge in [0.05, 0.1) is 12.2 Å². The normalized spacial score (nSPS) is 16.6. The Kier molecular flexibility index (Phi) is 5.50. The summed E-state index contributed by atoms with van der Waals surface area (Å²) in [7, 11) is 0. The summed E-state index contributed by atoms with van der Waals surface area (Å²) in [5, 5.41) is 7.11. The number of urea groups is 1. The van der Waals surface area contributed by atoms with Crippen LogP contribution >= 0.6 is 0 Å². The van der Waals surface area contributed by atoms with Crippen LogP contribution in [0.25, 0.3) is 5.69 Å². The second-order valence-electron chi connectivity index (χ2n) is 7.04. The van der Waals surface area contributed by atoms with Crippen LogP contribution in [0, 0.1) is 11.6 Å². The van der Waals surface area contributed by atoms with Crippen molar-refractivity contribution in [2.24, 2.45) is 0 Å². The molecule has 0 radical (unpaired) electrons. The van der Waals surface area contributed by atoms with Gasteiger partial charge in [-0.2, -0.15) is 5.10 Å². The molecule has 1 fully saturated rings. The number of amides is 2. The Labute approximate surface area is 167 Å². The second-order valence-corrected chi connectivity index (χ2v) is 7.04. The van der Waals surface area contributed by atoms with E-state index in [0.717, 1.165) is 24.6 Å². The maximum Gasteiger partial charge on any atom is 0.317 e. The molecule has 0 bridgehead atoms. The SMILES string of the molecule is O=C(NCc1ncnn1-c1ccccc1)N1CCCC(c2ccc(F)c(F)c2)C1. The van der Waals surface area contributed by atoms with E-state index in [-0.39, 0.29) is 18.5 Å². The first-order valence-electron chi connectivity index (χ1n) is 9.54. The van der Waals surface area contributed by atoms with Crippen LogP contribution in [0.3, 0.4) is 0 Å². The number of hydrogen-bond donors (Lipinski definition) is 1. The number of aromatic nitrogens is 3. The number of nitrogens with one attached hydrogen (secondary N) is 1. The minimum absolute atomic E-state index is 0.0161. The molecule has 1 aliphatic heterocycles. The summed E-state index contributed by atoms with van der Waals surface area (Å²) in [6.07, 6.45) is 3.09. The lowest BCUT2D eigenvalue weighted by Crippen LogP contribution is -2.45. The van der Waals surface area contributed by atoms with Crippen molar-refractivity contribution in [3.63, 3.8) is 0 Å². The van der Waals surface area contributed by atoms with Crippen LogP contribution in [0.15, 0.2) is 54.9 Å². The van der Waals surface area contributed by atoms with E-state index in [4.69, 9.17) is 0 Å². The highest BCUT2D eigenvalue weighted by Gasteiger charge is 2.25. The summed E-state index contributed by atoms with van der Waals surface area (Å²) >= 11 is 0. The summed E-state index contributed by atoms with van der Waals surface area (Å²) in [6.45, 7) is 1.32. The van der Waals surface area contributed by atoms with E-state index in [9.17, 15) is 13.6 Å². The van der Waals surface area contributed by atoms with Crippen molar-refractivity contribution >= 4 is 6.03 Å². The maximum absolute atomic E-state index is 13.6. The van der Waals surface area contributed by atoms with E-state index in [1.165, 1.54) is 12.4 Å². The standard InChI is InChI=1S/C21H21F2N5O/c22-18-9-8-15(11-19(18)23)16-5-4-10-27(13-16)21(29)24-12-20-25-14-26-28(20)17-6-2-1-3-7-17/h1-3,6-9,11,14,16H,4-5,10,12-13H2,(H,24,29). The third-order valence-electron chi connectivity index (χ3n) is 5.14. The molecule has 1 aliphatic rings. The highest BCUT2D eigenvalue weighted by Crippen LogP contribution is 2.28. The van der Waals surface area contributed by atoms with E-state index in [0.29, 0.717) is 24.5 Å². The number of rotatable bonds is 4. The average Bonchev–Trinajstić information content (AvgIpc) is 3.23. The van der Waals surface area contributed by atoms with Gasteiger partial charge < -0.3 is 10.2 Å². The van der Waals surface area contributed by atoms with Gasteiger partial charge in [-0.05, 0) is 42.7 Å². The lowest BCUT2D eigenvalue weighted by Gasteiger charge is -2.33. The molecule has 1 saturated heterocycles. The zero-order chi connectivity index (χ0) is 20.2. The highest BCUT2D eigenvalue weighted by atomic mass is 19.2. The van der Waals surface area contributed by atoms with Crippen molar-refractivity contribution in [1.82, 2.24) is 25.0 Å². The molecule has 4 rings (SSSR count). The van der Waals surface area contributed by atoms with Crippen LogP contribution in [-0.2, 0) is 6.54 Å². The van der Waals surface area contributed by atoms with Gasteiger partial charge in [0.2, 0.25) is 0 Å². The quantitative estimate of drug-likeness (QED) is 0.731. The smallest absolute Gasteiger partial charge is 0.317 e. The predicted octanol–water partition coefficient (Wildman–Crippen LogP) is 3.63. The third-order valence-corrected chi connectivity index (χ3v) is 5.14. The highest BCUT2D eigenvalue weighted by molar-refractivity contribution is 5.74. The molecule has 0 spiro atoms. The van der Waals surface area contributed by atoms with E-state index < -0.39 is 11.6 Å². The van der Waals surface area contributed by atoms with Gasteiger partial charge in [0.15, 0.2) is 17.5 Å².